The van der Waals surface area contributed by atoms with Gasteiger partial charge in [0.25, 0.3) is 0 Å². The van der Waals surface area contributed by atoms with Crippen molar-refractivity contribution in [3.05, 3.63) is 22.4 Å². The number of hydrogen-bond donors (Lipinski definition) is 1. The highest BCUT2D eigenvalue weighted by Crippen LogP contribution is 2.16. The molecule has 96 valence electrons. The Hall–Kier alpha value is -0.670. The molecule has 0 aliphatic rings. The molecule has 3 heteroatoms. The van der Waals surface area contributed by atoms with E-state index in [4.69, 9.17) is 5.73 Å². The molecule has 1 rings (SSSR count). The van der Waals surface area contributed by atoms with Gasteiger partial charge in [0.1, 0.15) is 5.78 Å². The summed E-state index contributed by atoms with van der Waals surface area (Å²) in [6.07, 6.45) is 3.24. The average Bonchev–Trinajstić information content (AvgIpc) is 2.77. The largest absolute Gasteiger partial charge is 0.330 e. The molecule has 0 bridgehead atoms. The van der Waals surface area contributed by atoms with Gasteiger partial charge in [-0.2, -0.15) is 11.3 Å². The van der Waals surface area contributed by atoms with Crippen LogP contribution in [-0.4, -0.2) is 12.3 Å². The van der Waals surface area contributed by atoms with Crippen molar-refractivity contribution in [2.24, 2.45) is 17.6 Å². The van der Waals surface area contributed by atoms with E-state index in [2.05, 4.69) is 30.7 Å². The van der Waals surface area contributed by atoms with Crippen LogP contribution in [0.4, 0.5) is 0 Å². The number of aryl methyl sites for hydroxylation is 1. The van der Waals surface area contributed by atoms with E-state index in [1.807, 2.05) is 0 Å². The van der Waals surface area contributed by atoms with Gasteiger partial charge in [-0.15, -0.1) is 0 Å². The molecule has 0 saturated heterocycles. The Kier molecular flexibility index (Phi) is 6.45. The molecule has 0 fully saturated rings. The van der Waals surface area contributed by atoms with Gasteiger partial charge in [0.15, 0.2) is 0 Å². The quantitative estimate of drug-likeness (QED) is 0.772. The van der Waals surface area contributed by atoms with Crippen LogP contribution in [0.3, 0.4) is 0 Å². The zero-order chi connectivity index (χ0) is 12.7. The van der Waals surface area contributed by atoms with Gasteiger partial charge in [0.2, 0.25) is 0 Å². The smallest absolute Gasteiger partial charge is 0.133 e. The fourth-order valence-corrected chi connectivity index (χ4v) is 2.78. The minimum absolute atomic E-state index is 0.354. The number of rotatable bonds is 8. The second-order valence-electron chi connectivity index (χ2n) is 5.11. The Balaban J connectivity index is 2.27. The van der Waals surface area contributed by atoms with Crippen molar-refractivity contribution in [1.29, 1.82) is 0 Å². The van der Waals surface area contributed by atoms with E-state index in [0.717, 1.165) is 12.8 Å². The predicted molar refractivity (Wildman–Crippen MR) is 74.3 cm³/mol. The molecule has 0 spiro atoms. The van der Waals surface area contributed by atoms with Crippen LogP contribution in [0.25, 0.3) is 0 Å². The van der Waals surface area contributed by atoms with Gasteiger partial charge in [-0.05, 0) is 53.6 Å². The number of nitrogens with two attached hydrogens (primary N) is 1. The maximum Gasteiger partial charge on any atom is 0.133 e. The predicted octanol–water partition coefficient (Wildman–Crippen LogP) is 3.26. The van der Waals surface area contributed by atoms with E-state index in [0.29, 0.717) is 37.0 Å². The highest BCUT2D eigenvalue weighted by atomic mass is 32.1. The van der Waals surface area contributed by atoms with Crippen molar-refractivity contribution in [2.75, 3.05) is 6.54 Å². The van der Waals surface area contributed by atoms with Gasteiger partial charge < -0.3 is 5.73 Å². The number of ketones is 1. The molecule has 0 aromatic carbocycles. The maximum atomic E-state index is 11.8. The van der Waals surface area contributed by atoms with Crippen LogP contribution in [0.1, 0.15) is 38.7 Å². The number of Topliss-reactive ketones (excluding diaryl/α,β-unsaturated/α-hetero) is 1. The van der Waals surface area contributed by atoms with Crippen LogP contribution in [0.2, 0.25) is 0 Å². The van der Waals surface area contributed by atoms with Crippen molar-refractivity contribution in [1.82, 2.24) is 0 Å². The van der Waals surface area contributed by atoms with Crippen molar-refractivity contribution >= 4 is 17.1 Å². The number of hydrogen-bond acceptors (Lipinski definition) is 3. The Morgan fingerprint density at radius 3 is 2.76 bits per heavy atom. The van der Waals surface area contributed by atoms with Gasteiger partial charge in [0.05, 0.1) is 0 Å². The van der Waals surface area contributed by atoms with E-state index >= 15 is 0 Å². The summed E-state index contributed by atoms with van der Waals surface area (Å²) in [6.45, 7) is 4.99. The molecule has 1 unspecified atom stereocenters. The standard InChI is InChI=1S/C14H23NOS/c1-11(2)7-13(9-15)8-14(16)4-3-12-5-6-17-10-12/h5-6,10-11,13H,3-4,7-9,15H2,1-2H3. The molecule has 0 aliphatic heterocycles. The van der Waals surface area contributed by atoms with Crippen LogP contribution in [0, 0.1) is 11.8 Å². The normalized spacial score (nSPS) is 12.9. The molecule has 0 amide bonds. The maximum absolute atomic E-state index is 11.8. The minimum atomic E-state index is 0.354. The topological polar surface area (TPSA) is 43.1 Å². The third-order valence-electron chi connectivity index (χ3n) is 2.93. The highest BCUT2D eigenvalue weighted by molar-refractivity contribution is 7.07. The lowest BCUT2D eigenvalue weighted by Crippen LogP contribution is -2.20. The van der Waals surface area contributed by atoms with Crippen LogP contribution < -0.4 is 5.73 Å². The van der Waals surface area contributed by atoms with E-state index in [1.165, 1.54) is 5.56 Å². The molecule has 17 heavy (non-hydrogen) atoms. The first-order valence-electron chi connectivity index (χ1n) is 6.34. The first-order valence-corrected chi connectivity index (χ1v) is 7.29. The first-order chi connectivity index (χ1) is 8.11. The Bertz CT molecular complexity index is 319. The third-order valence-corrected chi connectivity index (χ3v) is 3.66. The SMILES string of the molecule is CC(C)CC(CN)CC(=O)CCc1ccsc1. The summed E-state index contributed by atoms with van der Waals surface area (Å²) in [6, 6.07) is 2.09. The molecule has 1 atom stereocenters. The van der Waals surface area contributed by atoms with Gasteiger partial charge in [-0.25, -0.2) is 0 Å². The molecule has 0 saturated carbocycles. The van der Waals surface area contributed by atoms with Crippen LogP contribution in [0.5, 0.6) is 0 Å². The minimum Gasteiger partial charge on any atom is -0.330 e. The number of carbonyl (C=O) groups is 1. The summed E-state index contributed by atoms with van der Waals surface area (Å²) in [5, 5.41) is 4.17. The summed E-state index contributed by atoms with van der Waals surface area (Å²) < 4.78 is 0. The Morgan fingerprint density at radius 2 is 2.24 bits per heavy atom. The lowest BCUT2D eigenvalue weighted by Gasteiger charge is -2.15. The molecule has 1 aromatic heterocycles. The molecule has 1 aromatic rings. The van der Waals surface area contributed by atoms with Gasteiger partial charge in [-0.1, -0.05) is 13.8 Å². The zero-order valence-electron chi connectivity index (χ0n) is 10.8. The molecule has 1 heterocycles. The fourth-order valence-electron chi connectivity index (χ4n) is 2.07. The number of thiophene rings is 1. The molecule has 2 N–H and O–H groups in total. The molecule has 2 nitrogen and oxygen atoms in total. The lowest BCUT2D eigenvalue weighted by molar-refractivity contribution is -0.120. The Morgan fingerprint density at radius 1 is 1.47 bits per heavy atom. The summed E-state index contributed by atoms with van der Waals surface area (Å²) in [5.74, 6) is 1.34. The summed E-state index contributed by atoms with van der Waals surface area (Å²) >= 11 is 1.69. The van der Waals surface area contributed by atoms with E-state index in [1.54, 1.807) is 11.3 Å². The van der Waals surface area contributed by atoms with Crippen LogP contribution in [0.15, 0.2) is 16.8 Å². The molecular weight excluding hydrogens is 230 g/mol. The summed E-state index contributed by atoms with van der Waals surface area (Å²) in [7, 11) is 0. The molecule has 0 aliphatic carbocycles. The Labute approximate surface area is 108 Å². The highest BCUT2D eigenvalue weighted by Gasteiger charge is 2.13. The van der Waals surface area contributed by atoms with Crippen LogP contribution in [-0.2, 0) is 11.2 Å². The van der Waals surface area contributed by atoms with Crippen molar-refractivity contribution < 1.29 is 4.79 Å². The molecule has 0 radical (unpaired) electrons. The van der Waals surface area contributed by atoms with Crippen molar-refractivity contribution in [3.8, 4) is 0 Å². The zero-order valence-corrected chi connectivity index (χ0v) is 11.6. The molecular formula is C14H23NOS. The van der Waals surface area contributed by atoms with Crippen LogP contribution >= 0.6 is 11.3 Å². The van der Waals surface area contributed by atoms with Gasteiger partial charge in [0, 0.05) is 12.8 Å². The average molecular weight is 253 g/mol. The number of carbonyl (C=O) groups excluding carboxylic acids is 1. The first kappa shape index (κ1) is 14.4. The second-order valence-corrected chi connectivity index (χ2v) is 5.89. The third kappa shape index (κ3) is 5.99. The van der Waals surface area contributed by atoms with Gasteiger partial charge in [-0.3, -0.25) is 4.79 Å². The monoisotopic (exact) mass is 253 g/mol. The summed E-state index contributed by atoms with van der Waals surface area (Å²) in [5.41, 5.74) is 6.98. The lowest BCUT2D eigenvalue weighted by atomic mass is 9.91. The van der Waals surface area contributed by atoms with E-state index in [9.17, 15) is 4.79 Å². The summed E-state index contributed by atoms with van der Waals surface area (Å²) in [4.78, 5) is 11.8. The van der Waals surface area contributed by atoms with Crippen molar-refractivity contribution in [3.63, 3.8) is 0 Å². The van der Waals surface area contributed by atoms with Crippen molar-refractivity contribution in [2.45, 2.75) is 39.5 Å². The fraction of sp³-hybridized carbons (Fsp3) is 0.643. The van der Waals surface area contributed by atoms with E-state index < -0.39 is 0 Å². The second kappa shape index (κ2) is 7.62. The van der Waals surface area contributed by atoms with E-state index in [-0.39, 0.29) is 0 Å². The van der Waals surface area contributed by atoms with Gasteiger partial charge >= 0.3 is 0 Å².